The van der Waals surface area contributed by atoms with Crippen molar-refractivity contribution in [3.05, 3.63) is 23.8 Å². The summed E-state index contributed by atoms with van der Waals surface area (Å²) in [6.07, 6.45) is 7.88. The third-order valence-corrected chi connectivity index (χ3v) is 2.59. The summed E-state index contributed by atoms with van der Waals surface area (Å²) in [6.45, 7) is 4.73. The molecule has 9 heavy (non-hydrogen) atoms. The van der Waals surface area contributed by atoms with E-state index in [4.69, 9.17) is 0 Å². The van der Waals surface area contributed by atoms with Gasteiger partial charge in [0, 0.05) is 8.80 Å². The van der Waals surface area contributed by atoms with Gasteiger partial charge in [-0.05, 0) is 12.5 Å². The first-order valence-electron chi connectivity index (χ1n) is 3.42. The Labute approximate surface area is 58.9 Å². The Morgan fingerprint density at radius 1 is 1.56 bits per heavy atom. The summed E-state index contributed by atoms with van der Waals surface area (Å²) in [4.78, 5) is 0. The van der Waals surface area contributed by atoms with Crippen LogP contribution in [-0.4, -0.2) is 8.80 Å². The van der Waals surface area contributed by atoms with Crippen LogP contribution in [0.4, 0.5) is 0 Å². The summed E-state index contributed by atoms with van der Waals surface area (Å²) < 4.78 is 0. The van der Waals surface area contributed by atoms with E-state index in [1.165, 1.54) is 12.5 Å². The molecule has 0 amide bonds. The minimum atomic E-state index is -0.0259. The van der Waals surface area contributed by atoms with Gasteiger partial charge in [-0.15, -0.1) is 0 Å². The molecule has 0 N–H and O–H groups in total. The summed E-state index contributed by atoms with van der Waals surface area (Å²) in [5, 5.41) is 0. The molecule has 1 aliphatic carbocycles. The minimum absolute atomic E-state index is 0.0259. The number of rotatable bonds is 2. The van der Waals surface area contributed by atoms with Gasteiger partial charge < -0.3 is 0 Å². The zero-order valence-corrected chi connectivity index (χ0v) is 7.15. The largest absolute Gasteiger partial charge is 0.0805 e. The van der Waals surface area contributed by atoms with Gasteiger partial charge in [-0.2, -0.15) is 0 Å². The fraction of sp³-hybridized carbons (Fsp3) is 0.500. The minimum Gasteiger partial charge on any atom is -0.0805 e. The summed E-state index contributed by atoms with van der Waals surface area (Å²) in [7, 11) is -0.0259. The van der Waals surface area contributed by atoms with Crippen molar-refractivity contribution in [1.82, 2.24) is 0 Å². The molecule has 0 aliphatic heterocycles. The fourth-order valence-corrected chi connectivity index (χ4v) is 2.25. The van der Waals surface area contributed by atoms with Gasteiger partial charge >= 0.3 is 0 Å². The van der Waals surface area contributed by atoms with E-state index in [1.54, 1.807) is 5.57 Å². The van der Waals surface area contributed by atoms with Crippen molar-refractivity contribution in [2.75, 3.05) is 0 Å². The highest BCUT2D eigenvalue weighted by Crippen LogP contribution is 2.16. The molecule has 1 heteroatoms. The zero-order valence-electron chi connectivity index (χ0n) is 6.15. The highest BCUT2D eigenvalue weighted by Gasteiger charge is 2.02. The third kappa shape index (κ3) is 2.18. The van der Waals surface area contributed by atoms with Crippen LogP contribution in [0.2, 0.25) is 19.1 Å². The molecule has 1 radical (unpaired) electrons. The van der Waals surface area contributed by atoms with Crippen LogP contribution in [0.1, 0.15) is 6.42 Å². The smallest absolute Gasteiger partial charge is 0.0456 e. The van der Waals surface area contributed by atoms with Crippen LogP contribution < -0.4 is 0 Å². The van der Waals surface area contributed by atoms with Gasteiger partial charge in [0.15, 0.2) is 0 Å². The van der Waals surface area contributed by atoms with Crippen LogP contribution in [-0.2, 0) is 0 Å². The summed E-state index contributed by atoms with van der Waals surface area (Å²) in [5.74, 6) is 0. The first-order chi connectivity index (χ1) is 4.29. The lowest BCUT2D eigenvalue weighted by Crippen LogP contribution is -1.99. The fourth-order valence-electron chi connectivity index (χ4n) is 1.08. The molecule has 0 fully saturated rings. The van der Waals surface area contributed by atoms with Crippen LogP contribution in [0, 0.1) is 0 Å². The van der Waals surface area contributed by atoms with Gasteiger partial charge in [0.25, 0.3) is 0 Å². The number of hydrogen-bond donors (Lipinski definition) is 0. The van der Waals surface area contributed by atoms with Crippen LogP contribution in [0.25, 0.3) is 0 Å². The van der Waals surface area contributed by atoms with Crippen LogP contribution >= 0.6 is 0 Å². The zero-order chi connectivity index (χ0) is 6.69. The lowest BCUT2D eigenvalue weighted by atomic mass is 10.3. The van der Waals surface area contributed by atoms with Gasteiger partial charge in [-0.25, -0.2) is 0 Å². The Morgan fingerprint density at radius 2 is 2.33 bits per heavy atom. The number of hydrogen-bond acceptors (Lipinski definition) is 0. The molecule has 0 aromatic rings. The molecule has 0 saturated carbocycles. The Morgan fingerprint density at radius 3 is 2.78 bits per heavy atom. The maximum Gasteiger partial charge on any atom is 0.0456 e. The Hall–Kier alpha value is -0.303. The quantitative estimate of drug-likeness (QED) is 0.513. The molecule has 0 saturated heterocycles. The molecular formula is C8H13Si. The topological polar surface area (TPSA) is 0 Å². The van der Waals surface area contributed by atoms with E-state index in [0.717, 1.165) is 0 Å². The predicted molar refractivity (Wildman–Crippen MR) is 44.1 cm³/mol. The molecule has 1 rings (SSSR count). The Bertz CT molecular complexity index is 143. The van der Waals surface area contributed by atoms with Crippen molar-refractivity contribution in [2.24, 2.45) is 0 Å². The monoisotopic (exact) mass is 137 g/mol. The maximum absolute atomic E-state index is 2.36. The van der Waals surface area contributed by atoms with Crippen LogP contribution in [0.5, 0.6) is 0 Å². The molecule has 49 valence electrons. The van der Waals surface area contributed by atoms with Crippen molar-refractivity contribution in [2.45, 2.75) is 25.6 Å². The van der Waals surface area contributed by atoms with Crippen molar-refractivity contribution in [3.8, 4) is 0 Å². The summed E-state index contributed by atoms with van der Waals surface area (Å²) in [5.41, 5.74) is 1.63. The van der Waals surface area contributed by atoms with Gasteiger partial charge in [0.2, 0.25) is 0 Å². The van der Waals surface area contributed by atoms with Gasteiger partial charge in [0.05, 0.1) is 0 Å². The predicted octanol–water partition coefficient (Wildman–Crippen LogP) is 2.63. The molecule has 0 bridgehead atoms. The second-order valence-electron chi connectivity index (χ2n) is 2.84. The van der Waals surface area contributed by atoms with E-state index in [9.17, 15) is 0 Å². The molecule has 1 aliphatic rings. The first kappa shape index (κ1) is 6.81. The lowest BCUT2D eigenvalue weighted by molar-refractivity contribution is 1.23. The lowest BCUT2D eigenvalue weighted by Gasteiger charge is -2.01. The molecule has 0 unspecified atom stereocenters. The normalized spacial score (nSPS) is 17.0. The standard InChI is InChI=1S/C8H13Si/c1-9(2)7-8-5-3-4-6-8/h3-5H,6-7H2,1-2H3. The summed E-state index contributed by atoms with van der Waals surface area (Å²) in [6, 6.07) is 1.37. The molecule has 0 spiro atoms. The second-order valence-corrected chi connectivity index (χ2v) is 5.61. The Kier molecular flexibility index (Phi) is 2.28. The van der Waals surface area contributed by atoms with Gasteiger partial charge in [-0.1, -0.05) is 36.9 Å². The van der Waals surface area contributed by atoms with Crippen LogP contribution in [0.3, 0.4) is 0 Å². The maximum atomic E-state index is 2.36. The summed E-state index contributed by atoms with van der Waals surface area (Å²) >= 11 is 0. The van der Waals surface area contributed by atoms with Gasteiger partial charge in [-0.3, -0.25) is 0 Å². The molecule has 0 aromatic heterocycles. The van der Waals surface area contributed by atoms with E-state index in [2.05, 4.69) is 31.3 Å². The van der Waals surface area contributed by atoms with E-state index in [1.807, 2.05) is 0 Å². The van der Waals surface area contributed by atoms with Crippen molar-refractivity contribution in [3.63, 3.8) is 0 Å². The molecule has 0 atom stereocenters. The van der Waals surface area contributed by atoms with E-state index in [0.29, 0.717) is 0 Å². The van der Waals surface area contributed by atoms with Crippen molar-refractivity contribution >= 4 is 8.80 Å². The molecule has 0 aromatic carbocycles. The second kappa shape index (κ2) is 3.02. The van der Waals surface area contributed by atoms with Crippen LogP contribution in [0.15, 0.2) is 23.8 Å². The van der Waals surface area contributed by atoms with E-state index >= 15 is 0 Å². The van der Waals surface area contributed by atoms with Crippen molar-refractivity contribution < 1.29 is 0 Å². The van der Waals surface area contributed by atoms with E-state index < -0.39 is 0 Å². The highest BCUT2D eigenvalue weighted by molar-refractivity contribution is 6.56. The Balaban J connectivity index is 2.30. The SMILES string of the molecule is C[Si](C)CC1=CC=CC1. The average molecular weight is 137 g/mol. The molecular weight excluding hydrogens is 124 g/mol. The van der Waals surface area contributed by atoms with E-state index in [-0.39, 0.29) is 8.80 Å². The molecule has 0 nitrogen and oxygen atoms in total. The van der Waals surface area contributed by atoms with Gasteiger partial charge in [0.1, 0.15) is 0 Å². The average Bonchev–Trinajstić information content (AvgIpc) is 2.15. The number of allylic oxidation sites excluding steroid dienone is 4. The first-order valence-corrected chi connectivity index (χ1v) is 6.13. The molecule has 0 heterocycles. The highest BCUT2D eigenvalue weighted by atomic mass is 28.3. The third-order valence-electron chi connectivity index (χ3n) is 1.43. The van der Waals surface area contributed by atoms with Crippen molar-refractivity contribution in [1.29, 1.82) is 0 Å².